The molecule has 1 aromatic heterocycles. The van der Waals surface area contributed by atoms with Crippen LogP contribution in [-0.2, 0) is 11.8 Å². The summed E-state index contributed by atoms with van der Waals surface area (Å²) in [5.41, 5.74) is 1.54. The summed E-state index contributed by atoms with van der Waals surface area (Å²) in [6.45, 7) is 1.98. The van der Waals surface area contributed by atoms with Crippen LogP contribution in [-0.4, -0.2) is 46.8 Å². The van der Waals surface area contributed by atoms with Crippen LogP contribution in [0.4, 0.5) is 5.69 Å². The van der Waals surface area contributed by atoms with Gasteiger partial charge in [-0.25, -0.2) is 0 Å². The largest absolute Gasteiger partial charge is 0.497 e. The number of hydrogen-bond acceptors (Lipinski definition) is 4. The molecule has 1 atom stereocenters. The first-order valence-electron chi connectivity index (χ1n) is 8.84. The summed E-state index contributed by atoms with van der Waals surface area (Å²) in [7, 11) is 3.30. The second-order valence-corrected chi connectivity index (χ2v) is 6.66. The first-order chi connectivity index (χ1) is 12.9. The highest BCUT2D eigenvalue weighted by Gasteiger charge is 2.35. The van der Waals surface area contributed by atoms with E-state index in [0.29, 0.717) is 35.7 Å². The lowest BCUT2D eigenvalue weighted by atomic mass is 10.2. The van der Waals surface area contributed by atoms with Crippen molar-refractivity contribution in [2.75, 3.05) is 19.0 Å². The number of nitrogens with zero attached hydrogens (tertiary/aromatic N) is 2. The van der Waals surface area contributed by atoms with Crippen molar-refractivity contribution in [3.05, 3.63) is 47.8 Å². The third-order valence-electron chi connectivity index (χ3n) is 4.80. The summed E-state index contributed by atoms with van der Waals surface area (Å²) in [5.74, 6) is 0.153. The number of methoxy groups -OCH3 is 1. The van der Waals surface area contributed by atoms with Crippen LogP contribution in [0.5, 0.6) is 5.75 Å². The Balaban J connectivity index is 1.74. The van der Waals surface area contributed by atoms with E-state index in [2.05, 4.69) is 5.32 Å². The van der Waals surface area contributed by atoms with Crippen LogP contribution in [0.1, 0.15) is 40.6 Å². The Morgan fingerprint density at radius 1 is 1.19 bits per heavy atom. The number of hydrogen-bond donors (Lipinski definition) is 1. The summed E-state index contributed by atoms with van der Waals surface area (Å²) < 4.78 is 6.74. The van der Waals surface area contributed by atoms with E-state index in [1.165, 1.54) is 6.92 Å². The molecular formula is C20H23N3O4. The van der Waals surface area contributed by atoms with Crippen LogP contribution >= 0.6 is 0 Å². The third kappa shape index (κ3) is 3.86. The average Bonchev–Trinajstić information content (AvgIpc) is 3.28. The predicted molar refractivity (Wildman–Crippen MR) is 101 cm³/mol. The van der Waals surface area contributed by atoms with Gasteiger partial charge in [-0.05, 0) is 50.1 Å². The maximum atomic E-state index is 13.0. The van der Waals surface area contributed by atoms with Gasteiger partial charge < -0.3 is 19.5 Å². The molecule has 0 saturated carbocycles. The predicted octanol–water partition coefficient (Wildman–Crippen LogP) is 2.48. The van der Waals surface area contributed by atoms with Gasteiger partial charge in [-0.2, -0.15) is 0 Å². The van der Waals surface area contributed by atoms with Crippen molar-refractivity contribution in [2.45, 2.75) is 25.8 Å². The Hall–Kier alpha value is -3.09. The molecule has 1 aliphatic rings. The number of ether oxygens (including phenoxy) is 1. The minimum absolute atomic E-state index is 0.0973. The molecule has 142 valence electrons. The molecule has 1 N–H and O–H groups in total. The number of rotatable bonds is 5. The standard InChI is InChI=1S/C20H23N3O4/c1-13(24)14-11-18(22(2)12-14)20(26)23-10-4-5-17(23)19(25)21-15-6-8-16(27-3)9-7-15/h6-9,11-12,17H,4-5,10H2,1-3H3,(H,21,25). The highest BCUT2D eigenvalue weighted by atomic mass is 16.5. The number of carbonyl (C=O) groups excluding carboxylic acids is 3. The number of aryl methyl sites for hydroxylation is 1. The minimum atomic E-state index is -0.532. The zero-order valence-corrected chi connectivity index (χ0v) is 15.7. The second kappa shape index (κ2) is 7.65. The Labute approximate surface area is 157 Å². The Kier molecular flexibility index (Phi) is 5.30. The molecule has 2 heterocycles. The maximum absolute atomic E-state index is 13.0. The molecule has 1 unspecified atom stereocenters. The molecule has 7 nitrogen and oxygen atoms in total. The summed E-state index contributed by atoms with van der Waals surface area (Å²) in [6.07, 6.45) is 3.01. The summed E-state index contributed by atoms with van der Waals surface area (Å²) in [6, 6.07) is 8.10. The maximum Gasteiger partial charge on any atom is 0.271 e. The molecule has 27 heavy (non-hydrogen) atoms. The van der Waals surface area contributed by atoms with Gasteiger partial charge in [-0.3, -0.25) is 14.4 Å². The fraction of sp³-hybridized carbons (Fsp3) is 0.350. The molecular weight excluding hydrogens is 346 g/mol. The van der Waals surface area contributed by atoms with Crippen LogP contribution in [0.15, 0.2) is 36.5 Å². The number of anilines is 1. The van der Waals surface area contributed by atoms with Gasteiger partial charge in [-0.1, -0.05) is 0 Å². The van der Waals surface area contributed by atoms with Crippen molar-refractivity contribution in [2.24, 2.45) is 7.05 Å². The Bertz CT molecular complexity index is 870. The monoisotopic (exact) mass is 369 g/mol. The topological polar surface area (TPSA) is 80.6 Å². The minimum Gasteiger partial charge on any atom is -0.497 e. The molecule has 2 aromatic rings. The van der Waals surface area contributed by atoms with Crippen molar-refractivity contribution >= 4 is 23.3 Å². The highest BCUT2D eigenvalue weighted by molar-refractivity contribution is 6.03. The zero-order chi connectivity index (χ0) is 19.6. The van der Waals surface area contributed by atoms with E-state index in [4.69, 9.17) is 4.74 Å². The number of carbonyl (C=O) groups is 3. The smallest absolute Gasteiger partial charge is 0.271 e. The average molecular weight is 369 g/mol. The molecule has 3 rings (SSSR count). The number of likely N-dealkylation sites (tertiary alicyclic amines) is 1. The Morgan fingerprint density at radius 2 is 1.89 bits per heavy atom. The van der Waals surface area contributed by atoms with E-state index in [-0.39, 0.29) is 17.6 Å². The molecule has 0 radical (unpaired) electrons. The van der Waals surface area contributed by atoms with Gasteiger partial charge in [0.2, 0.25) is 5.91 Å². The molecule has 0 aliphatic carbocycles. The molecule has 1 fully saturated rings. The quantitative estimate of drug-likeness (QED) is 0.821. The molecule has 1 aliphatic heterocycles. The van der Waals surface area contributed by atoms with E-state index in [1.807, 2.05) is 0 Å². The number of aromatic nitrogens is 1. The third-order valence-corrected chi connectivity index (χ3v) is 4.80. The number of ketones is 1. The molecule has 0 bridgehead atoms. The van der Waals surface area contributed by atoms with Crippen molar-refractivity contribution in [1.29, 1.82) is 0 Å². The van der Waals surface area contributed by atoms with Crippen molar-refractivity contribution in [3.8, 4) is 5.75 Å². The number of amides is 2. The second-order valence-electron chi connectivity index (χ2n) is 6.66. The van der Waals surface area contributed by atoms with Crippen LogP contribution < -0.4 is 10.1 Å². The molecule has 1 aromatic carbocycles. The fourth-order valence-corrected chi connectivity index (χ4v) is 3.30. The van der Waals surface area contributed by atoms with Gasteiger partial charge in [0.25, 0.3) is 5.91 Å². The lowest BCUT2D eigenvalue weighted by Crippen LogP contribution is -2.43. The van der Waals surface area contributed by atoms with Crippen molar-refractivity contribution in [3.63, 3.8) is 0 Å². The van der Waals surface area contributed by atoms with Gasteiger partial charge in [-0.15, -0.1) is 0 Å². The number of benzene rings is 1. The van der Waals surface area contributed by atoms with Gasteiger partial charge in [0.1, 0.15) is 17.5 Å². The SMILES string of the molecule is COc1ccc(NC(=O)C2CCCN2C(=O)c2cc(C(C)=O)cn2C)cc1. The highest BCUT2D eigenvalue weighted by Crippen LogP contribution is 2.23. The van der Waals surface area contributed by atoms with Gasteiger partial charge in [0.05, 0.1) is 7.11 Å². The van der Waals surface area contributed by atoms with Gasteiger partial charge >= 0.3 is 0 Å². The van der Waals surface area contributed by atoms with E-state index in [9.17, 15) is 14.4 Å². The van der Waals surface area contributed by atoms with E-state index < -0.39 is 6.04 Å². The summed E-state index contributed by atoms with van der Waals surface area (Å²) >= 11 is 0. The van der Waals surface area contributed by atoms with Gasteiger partial charge in [0, 0.05) is 31.0 Å². The normalized spacial score (nSPS) is 16.3. The van der Waals surface area contributed by atoms with E-state index >= 15 is 0 Å². The van der Waals surface area contributed by atoms with E-state index in [0.717, 1.165) is 6.42 Å². The zero-order valence-electron chi connectivity index (χ0n) is 15.7. The molecule has 2 amide bonds. The van der Waals surface area contributed by atoms with Crippen LogP contribution in [0.25, 0.3) is 0 Å². The van der Waals surface area contributed by atoms with Crippen molar-refractivity contribution < 1.29 is 19.1 Å². The van der Waals surface area contributed by atoms with E-state index in [1.54, 1.807) is 60.2 Å². The molecule has 1 saturated heterocycles. The molecule has 0 spiro atoms. The number of Topliss-reactive ketones (excluding diaryl/α,β-unsaturated/α-hetero) is 1. The summed E-state index contributed by atoms with van der Waals surface area (Å²) in [4.78, 5) is 38.8. The Morgan fingerprint density at radius 3 is 2.48 bits per heavy atom. The van der Waals surface area contributed by atoms with Crippen LogP contribution in [0, 0.1) is 0 Å². The number of nitrogens with one attached hydrogen (secondary N) is 1. The fourth-order valence-electron chi connectivity index (χ4n) is 3.30. The van der Waals surface area contributed by atoms with Crippen LogP contribution in [0.2, 0.25) is 0 Å². The van der Waals surface area contributed by atoms with Crippen LogP contribution in [0.3, 0.4) is 0 Å². The van der Waals surface area contributed by atoms with Crippen molar-refractivity contribution in [1.82, 2.24) is 9.47 Å². The molecule has 7 heteroatoms. The van der Waals surface area contributed by atoms with Gasteiger partial charge in [0.15, 0.2) is 5.78 Å². The first-order valence-corrected chi connectivity index (χ1v) is 8.84. The summed E-state index contributed by atoms with van der Waals surface area (Å²) in [5, 5.41) is 2.86. The lowest BCUT2D eigenvalue weighted by molar-refractivity contribution is -0.119. The lowest BCUT2D eigenvalue weighted by Gasteiger charge is -2.24. The first kappa shape index (κ1) is 18.7.